The molecule has 0 aliphatic rings. The molecule has 2 nitrogen and oxygen atoms in total. The first-order valence-corrected chi connectivity index (χ1v) is 3.77. The second kappa shape index (κ2) is 3.36. The first kappa shape index (κ1) is 9.40. The lowest BCUT2D eigenvalue weighted by Crippen LogP contribution is -2.00. The summed E-state index contributed by atoms with van der Waals surface area (Å²) in [4.78, 5) is 10.9. The Labute approximate surface area is 75.6 Å². The molecule has 0 N–H and O–H groups in total. The molecule has 0 bridgehead atoms. The smallest absolute Gasteiger partial charge is 0.162 e. The molecular weight excluding hydrogens is 169 g/mol. The molecule has 0 aromatic heterocycles. The van der Waals surface area contributed by atoms with Crippen LogP contribution in [-0.2, 0) is 0 Å². The Hall–Kier alpha value is -1.69. The molecule has 0 atom stereocenters. The zero-order chi connectivity index (χ0) is 10.0. The third-order valence-corrected chi connectivity index (χ3v) is 1.76. The van der Waals surface area contributed by atoms with Crippen molar-refractivity contribution in [3.63, 3.8) is 0 Å². The molecule has 0 unspecified atom stereocenters. The van der Waals surface area contributed by atoms with Gasteiger partial charge in [-0.15, -0.1) is 0 Å². The van der Waals surface area contributed by atoms with Gasteiger partial charge in [-0.1, -0.05) is 0 Å². The van der Waals surface area contributed by atoms with Gasteiger partial charge < -0.3 is 0 Å². The predicted molar refractivity (Wildman–Crippen MR) is 45.9 cm³/mol. The number of benzene rings is 1. The van der Waals surface area contributed by atoms with Crippen molar-refractivity contribution in [3.05, 3.63) is 34.6 Å². The van der Waals surface area contributed by atoms with E-state index in [4.69, 9.17) is 5.26 Å². The van der Waals surface area contributed by atoms with Crippen molar-refractivity contribution in [3.8, 4) is 6.07 Å². The maximum atomic E-state index is 13.2. The van der Waals surface area contributed by atoms with Crippen molar-refractivity contribution < 1.29 is 9.18 Å². The highest BCUT2D eigenvalue weighted by Gasteiger charge is 2.11. The number of ketones is 1. The van der Waals surface area contributed by atoms with Gasteiger partial charge in [-0.3, -0.25) is 4.79 Å². The summed E-state index contributed by atoms with van der Waals surface area (Å²) in [7, 11) is 0. The second-order valence-electron chi connectivity index (χ2n) is 2.82. The zero-order valence-electron chi connectivity index (χ0n) is 7.39. The van der Waals surface area contributed by atoms with Crippen LogP contribution in [0.2, 0.25) is 0 Å². The van der Waals surface area contributed by atoms with Crippen molar-refractivity contribution in [1.82, 2.24) is 0 Å². The summed E-state index contributed by atoms with van der Waals surface area (Å²) in [5.74, 6) is -0.899. The quantitative estimate of drug-likeness (QED) is 0.617. The first-order valence-electron chi connectivity index (χ1n) is 3.77. The fourth-order valence-corrected chi connectivity index (χ4v) is 1.09. The molecule has 0 amide bonds. The van der Waals surface area contributed by atoms with Gasteiger partial charge in [-0.05, 0) is 31.5 Å². The van der Waals surface area contributed by atoms with Gasteiger partial charge in [-0.25, -0.2) is 4.39 Å². The number of nitriles is 1. The topological polar surface area (TPSA) is 40.9 Å². The molecule has 0 radical (unpaired) electrons. The Morgan fingerprint density at radius 2 is 2.15 bits per heavy atom. The van der Waals surface area contributed by atoms with Gasteiger partial charge >= 0.3 is 0 Å². The Morgan fingerprint density at radius 3 is 2.62 bits per heavy atom. The van der Waals surface area contributed by atoms with E-state index in [9.17, 15) is 9.18 Å². The second-order valence-corrected chi connectivity index (χ2v) is 2.82. The van der Waals surface area contributed by atoms with E-state index in [1.807, 2.05) is 6.07 Å². The number of nitrogens with zero attached hydrogens (tertiary/aromatic N) is 1. The largest absolute Gasteiger partial charge is 0.294 e. The Kier molecular flexibility index (Phi) is 2.43. The standard InChI is InChI=1S/C10H8FNO/c1-6-3-8(5-12)4-9(7(2)13)10(6)11/h3-4H,1-2H3. The molecule has 0 aliphatic heterocycles. The van der Waals surface area contributed by atoms with Crippen LogP contribution in [0, 0.1) is 24.1 Å². The lowest BCUT2D eigenvalue weighted by Gasteiger charge is -2.02. The van der Waals surface area contributed by atoms with Crippen LogP contribution < -0.4 is 0 Å². The summed E-state index contributed by atoms with van der Waals surface area (Å²) in [6.45, 7) is 2.81. The van der Waals surface area contributed by atoms with Crippen molar-refractivity contribution >= 4 is 5.78 Å². The molecule has 0 saturated carbocycles. The van der Waals surface area contributed by atoms with Gasteiger partial charge in [0.05, 0.1) is 17.2 Å². The average Bonchev–Trinajstić information content (AvgIpc) is 2.09. The van der Waals surface area contributed by atoms with Crippen LogP contribution >= 0.6 is 0 Å². The normalized spacial score (nSPS) is 9.38. The summed E-state index contributed by atoms with van der Waals surface area (Å²) in [5, 5.41) is 8.58. The van der Waals surface area contributed by atoms with Crippen LogP contribution in [0.1, 0.15) is 28.4 Å². The van der Waals surface area contributed by atoms with Crippen molar-refractivity contribution in [1.29, 1.82) is 5.26 Å². The van der Waals surface area contributed by atoms with Crippen LogP contribution in [0.5, 0.6) is 0 Å². The molecule has 3 heteroatoms. The third-order valence-electron chi connectivity index (χ3n) is 1.76. The van der Waals surface area contributed by atoms with Crippen LogP contribution in [0.3, 0.4) is 0 Å². The predicted octanol–water partition coefficient (Wildman–Crippen LogP) is 2.21. The SMILES string of the molecule is CC(=O)c1cc(C#N)cc(C)c1F. The lowest BCUT2D eigenvalue weighted by atomic mass is 10.0. The minimum Gasteiger partial charge on any atom is -0.294 e. The Morgan fingerprint density at radius 1 is 1.54 bits per heavy atom. The number of hydrogen-bond acceptors (Lipinski definition) is 2. The molecule has 0 aliphatic carbocycles. The highest BCUT2D eigenvalue weighted by atomic mass is 19.1. The van der Waals surface area contributed by atoms with Crippen LogP contribution in [-0.4, -0.2) is 5.78 Å². The molecule has 0 saturated heterocycles. The van der Waals surface area contributed by atoms with Gasteiger partial charge in [0.25, 0.3) is 0 Å². The molecular formula is C10H8FNO. The summed E-state index contributed by atoms with van der Waals surface area (Å²) < 4.78 is 13.2. The van der Waals surface area contributed by atoms with Gasteiger partial charge in [0, 0.05) is 0 Å². The lowest BCUT2D eigenvalue weighted by molar-refractivity contribution is 0.101. The monoisotopic (exact) mass is 177 g/mol. The van der Waals surface area contributed by atoms with Gasteiger partial charge in [0.15, 0.2) is 5.78 Å². The van der Waals surface area contributed by atoms with E-state index in [1.54, 1.807) is 0 Å². The molecule has 1 aromatic carbocycles. The summed E-state index contributed by atoms with van der Waals surface area (Å²) in [5.41, 5.74) is 0.616. The molecule has 0 heterocycles. The molecule has 0 spiro atoms. The number of carbonyl (C=O) groups excluding carboxylic acids is 1. The highest BCUT2D eigenvalue weighted by Crippen LogP contribution is 2.15. The Balaban J connectivity index is 3.44. The van der Waals surface area contributed by atoms with E-state index in [-0.39, 0.29) is 11.3 Å². The van der Waals surface area contributed by atoms with Crippen molar-refractivity contribution in [2.45, 2.75) is 13.8 Å². The van der Waals surface area contributed by atoms with E-state index in [1.165, 1.54) is 26.0 Å². The zero-order valence-corrected chi connectivity index (χ0v) is 7.39. The van der Waals surface area contributed by atoms with Crippen molar-refractivity contribution in [2.75, 3.05) is 0 Å². The van der Waals surface area contributed by atoms with E-state index in [0.29, 0.717) is 11.1 Å². The molecule has 13 heavy (non-hydrogen) atoms. The first-order chi connectivity index (χ1) is 6.06. The van der Waals surface area contributed by atoms with Crippen LogP contribution in [0.15, 0.2) is 12.1 Å². The van der Waals surface area contributed by atoms with E-state index >= 15 is 0 Å². The highest BCUT2D eigenvalue weighted by molar-refractivity contribution is 5.94. The molecule has 0 fully saturated rings. The van der Waals surface area contributed by atoms with E-state index in [0.717, 1.165) is 0 Å². The van der Waals surface area contributed by atoms with Crippen LogP contribution in [0.4, 0.5) is 4.39 Å². The Bertz CT molecular complexity index is 404. The number of aryl methyl sites for hydroxylation is 1. The van der Waals surface area contributed by atoms with Gasteiger partial charge in [0.2, 0.25) is 0 Å². The number of Topliss-reactive ketones (excluding diaryl/α,β-unsaturated/α-hetero) is 1. The fraction of sp³-hybridized carbons (Fsp3) is 0.200. The number of carbonyl (C=O) groups is 1. The minimum absolute atomic E-state index is 0.0171. The average molecular weight is 177 g/mol. The fourth-order valence-electron chi connectivity index (χ4n) is 1.09. The summed E-state index contributed by atoms with van der Waals surface area (Å²) >= 11 is 0. The maximum absolute atomic E-state index is 13.2. The minimum atomic E-state index is -0.536. The number of rotatable bonds is 1. The molecule has 66 valence electrons. The van der Waals surface area contributed by atoms with E-state index in [2.05, 4.69) is 0 Å². The van der Waals surface area contributed by atoms with Crippen molar-refractivity contribution in [2.24, 2.45) is 0 Å². The maximum Gasteiger partial charge on any atom is 0.162 e. The molecule has 1 aromatic rings. The summed E-state index contributed by atoms with van der Waals surface area (Å²) in [6, 6.07) is 4.56. The number of hydrogen-bond donors (Lipinski definition) is 0. The third kappa shape index (κ3) is 1.73. The number of halogens is 1. The van der Waals surface area contributed by atoms with Gasteiger partial charge in [-0.2, -0.15) is 5.26 Å². The van der Waals surface area contributed by atoms with Crippen LogP contribution in [0.25, 0.3) is 0 Å². The summed E-state index contributed by atoms with van der Waals surface area (Å²) in [6.07, 6.45) is 0. The van der Waals surface area contributed by atoms with Gasteiger partial charge in [0.1, 0.15) is 5.82 Å². The molecule has 1 rings (SSSR count). The van der Waals surface area contributed by atoms with E-state index < -0.39 is 5.82 Å².